The quantitative estimate of drug-likeness (QED) is 0.754. The standard InChI is InChI=1S/C14H23N3O3S/c1-10(2)7-14(5-3-4-6-14)9-17-12(20)15-16-13(17)21-8-11(18)19/h10H,3-9H2,1-2H3,(H,15,20)(H,18,19). The molecular weight excluding hydrogens is 290 g/mol. The average Bonchev–Trinajstić information content (AvgIpc) is 2.96. The van der Waals surface area contributed by atoms with Gasteiger partial charge in [-0.2, -0.15) is 0 Å². The molecule has 1 aromatic rings. The van der Waals surface area contributed by atoms with Crippen molar-refractivity contribution in [3.63, 3.8) is 0 Å². The summed E-state index contributed by atoms with van der Waals surface area (Å²) in [5, 5.41) is 15.7. The summed E-state index contributed by atoms with van der Waals surface area (Å²) in [6.07, 6.45) is 5.76. The first-order chi connectivity index (χ1) is 9.92. The van der Waals surface area contributed by atoms with E-state index in [4.69, 9.17) is 5.11 Å². The smallest absolute Gasteiger partial charge is 0.343 e. The lowest BCUT2D eigenvalue weighted by atomic mass is 9.78. The van der Waals surface area contributed by atoms with Crippen LogP contribution in [0.25, 0.3) is 0 Å². The molecule has 0 atom stereocenters. The van der Waals surface area contributed by atoms with Crippen LogP contribution in [0.4, 0.5) is 0 Å². The second kappa shape index (κ2) is 6.68. The molecule has 0 aromatic carbocycles. The van der Waals surface area contributed by atoms with Crippen molar-refractivity contribution < 1.29 is 9.90 Å². The molecule has 0 radical (unpaired) electrons. The Labute approximate surface area is 128 Å². The number of carboxylic acids is 1. The molecular formula is C14H23N3O3S. The number of hydrogen-bond donors (Lipinski definition) is 2. The Balaban J connectivity index is 2.18. The number of aliphatic carboxylic acids is 1. The summed E-state index contributed by atoms with van der Waals surface area (Å²) >= 11 is 1.10. The van der Waals surface area contributed by atoms with Gasteiger partial charge in [-0.05, 0) is 30.6 Å². The molecule has 0 bridgehead atoms. The highest BCUT2D eigenvalue weighted by molar-refractivity contribution is 7.99. The molecule has 6 nitrogen and oxygen atoms in total. The lowest BCUT2D eigenvalue weighted by Gasteiger charge is -2.31. The number of aromatic nitrogens is 3. The molecule has 0 amide bonds. The fraction of sp³-hybridized carbons (Fsp3) is 0.786. The summed E-state index contributed by atoms with van der Waals surface area (Å²) in [7, 11) is 0. The molecule has 0 spiro atoms. The number of carboxylic acid groups (broad SMARTS) is 1. The van der Waals surface area contributed by atoms with Crippen LogP contribution in [-0.4, -0.2) is 31.6 Å². The molecule has 1 aliphatic rings. The monoisotopic (exact) mass is 313 g/mol. The summed E-state index contributed by atoms with van der Waals surface area (Å²) in [5.41, 5.74) is -0.0849. The molecule has 1 aromatic heterocycles. The van der Waals surface area contributed by atoms with Crippen LogP contribution in [0.1, 0.15) is 46.0 Å². The maximum Gasteiger partial charge on any atom is 0.343 e. The molecule has 1 saturated carbocycles. The number of carbonyl (C=O) groups is 1. The van der Waals surface area contributed by atoms with Crippen LogP contribution in [0.3, 0.4) is 0 Å². The van der Waals surface area contributed by atoms with Crippen LogP contribution in [0.5, 0.6) is 0 Å². The van der Waals surface area contributed by atoms with Crippen molar-refractivity contribution in [3.05, 3.63) is 10.5 Å². The predicted octanol–water partition coefficient (Wildman–Crippen LogP) is 2.35. The van der Waals surface area contributed by atoms with Crippen molar-refractivity contribution >= 4 is 17.7 Å². The molecule has 2 rings (SSSR count). The van der Waals surface area contributed by atoms with E-state index in [1.54, 1.807) is 4.57 Å². The van der Waals surface area contributed by atoms with Gasteiger partial charge in [0.2, 0.25) is 0 Å². The van der Waals surface area contributed by atoms with E-state index in [1.165, 1.54) is 12.8 Å². The number of hydrogen-bond acceptors (Lipinski definition) is 4. The fourth-order valence-electron chi connectivity index (χ4n) is 3.43. The minimum absolute atomic E-state index is 0.0819. The first kappa shape index (κ1) is 16.1. The van der Waals surface area contributed by atoms with Gasteiger partial charge < -0.3 is 5.11 Å². The molecule has 0 saturated heterocycles. The molecule has 118 valence electrons. The lowest BCUT2D eigenvalue weighted by molar-refractivity contribution is -0.133. The summed E-state index contributed by atoms with van der Waals surface area (Å²) in [6, 6.07) is 0. The van der Waals surface area contributed by atoms with E-state index in [2.05, 4.69) is 24.0 Å². The SMILES string of the molecule is CC(C)CC1(Cn2c(SCC(=O)O)n[nH]c2=O)CCCC1. The highest BCUT2D eigenvalue weighted by Gasteiger charge is 2.36. The van der Waals surface area contributed by atoms with Crippen molar-refractivity contribution in [2.75, 3.05) is 5.75 Å². The van der Waals surface area contributed by atoms with Gasteiger partial charge in [0.25, 0.3) is 0 Å². The van der Waals surface area contributed by atoms with Gasteiger partial charge in [-0.3, -0.25) is 9.36 Å². The topological polar surface area (TPSA) is 88.0 Å². The molecule has 0 aliphatic heterocycles. The normalized spacial score (nSPS) is 17.5. The number of thioether (sulfide) groups is 1. The van der Waals surface area contributed by atoms with Crippen molar-refractivity contribution in [2.24, 2.45) is 11.3 Å². The Bertz CT molecular complexity index is 544. The minimum atomic E-state index is -0.903. The van der Waals surface area contributed by atoms with Gasteiger partial charge >= 0.3 is 11.7 Å². The fourth-order valence-corrected chi connectivity index (χ4v) is 4.10. The van der Waals surface area contributed by atoms with Crippen LogP contribution in [-0.2, 0) is 11.3 Å². The van der Waals surface area contributed by atoms with Gasteiger partial charge in [0.15, 0.2) is 5.16 Å². The third kappa shape index (κ3) is 4.12. The third-order valence-electron chi connectivity index (χ3n) is 4.05. The van der Waals surface area contributed by atoms with E-state index in [1.807, 2.05) is 0 Å². The Kier molecular flexibility index (Phi) is 5.13. The van der Waals surface area contributed by atoms with Gasteiger partial charge in [-0.15, -0.1) is 5.10 Å². The number of H-pyrrole nitrogens is 1. The summed E-state index contributed by atoms with van der Waals surface area (Å²) in [4.78, 5) is 22.7. The number of nitrogens with zero attached hydrogens (tertiary/aromatic N) is 2. The van der Waals surface area contributed by atoms with E-state index >= 15 is 0 Å². The average molecular weight is 313 g/mol. The lowest BCUT2D eigenvalue weighted by Crippen LogP contribution is -2.31. The van der Waals surface area contributed by atoms with Crippen LogP contribution >= 0.6 is 11.8 Å². The van der Waals surface area contributed by atoms with Crippen LogP contribution in [0, 0.1) is 11.3 Å². The zero-order valence-electron chi connectivity index (χ0n) is 12.6. The maximum atomic E-state index is 12.0. The van der Waals surface area contributed by atoms with Crippen LogP contribution in [0.15, 0.2) is 9.95 Å². The zero-order chi connectivity index (χ0) is 15.5. The van der Waals surface area contributed by atoms with Crippen molar-refractivity contribution in [2.45, 2.75) is 57.7 Å². The third-order valence-corrected chi connectivity index (χ3v) is 5.01. The zero-order valence-corrected chi connectivity index (χ0v) is 13.4. The maximum absolute atomic E-state index is 12.0. The van der Waals surface area contributed by atoms with Gasteiger partial charge in [0.05, 0.1) is 5.75 Å². The Morgan fingerprint density at radius 2 is 2.14 bits per heavy atom. The molecule has 1 fully saturated rings. The number of nitrogens with one attached hydrogen (secondary N) is 1. The predicted molar refractivity (Wildman–Crippen MR) is 81.6 cm³/mol. The first-order valence-corrected chi connectivity index (χ1v) is 8.40. The largest absolute Gasteiger partial charge is 0.481 e. The van der Waals surface area contributed by atoms with Crippen molar-refractivity contribution in [1.29, 1.82) is 0 Å². The number of rotatable bonds is 7. The highest BCUT2D eigenvalue weighted by Crippen LogP contribution is 2.44. The number of aromatic amines is 1. The van der Waals surface area contributed by atoms with Gasteiger partial charge in [-0.1, -0.05) is 38.5 Å². The van der Waals surface area contributed by atoms with Gasteiger partial charge in [0.1, 0.15) is 0 Å². The first-order valence-electron chi connectivity index (χ1n) is 7.42. The van der Waals surface area contributed by atoms with E-state index in [9.17, 15) is 9.59 Å². The van der Waals surface area contributed by atoms with Gasteiger partial charge in [-0.25, -0.2) is 9.89 Å². The second-order valence-corrected chi connectivity index (χ2v) is 7.33. The molecule has 21 heavy (non-hydrogen) atoms. The van der Waals surface area contributed by atoms with Crippen LogP contribution in [0.2, 0.25) is 0 Å². The second-order valence-electron chi connectivity index (χ2n) is 6.38. The Morgan fingerprint density at radius 1 is 1.48 bits per heavy atom. The molecule has 1 heterocycles. The highest BCUT2D eigenvalue weighted by atomic mass is 32.2. The van der Waals surface area contributed by atoms with Gasteiger partial charge in [0, 0.05) is 6.54 Å². The summed E-state index contributed by atoms with van der Waals surface area (Å²) in [5.74, 6) is -0.401. The molecule has 2 N–H and O–H groups in total. The molecule has 1 aliphatic carbocycles. The molecule has 0 unspecified atom stereocenters. The van der Waals surface area contributed by atoms with E-state index < -0.39 is 5.97 Å². The van der Waals surface area contributed by atoms with Crippen molar-refractivity contribution in [3.8, 4) is 0 Å². The Hall–Kier alpha value is -1.24. The molecule has 7 heteroatoms. The Morgan fingerprint density at radius 3 is 2.71 bits per heavy atom. The van der Waals surface area contributed by atoms with E-state index in [0.717, 1.165) is 31.0 Å². The minimum Gasteiger partial charge on any atom is -0.481 e. The van der Waals surface area contributed by atoms with Crippen molar-refractivity contribution in [1.82, 2.24) is 14.8 Å². The van der Waals surface area contributed by atoms with E-state index in [-0.39, 0.29) is 16.9 Å². The summed E-state index contributed by atoms with van der Waals surface area (Å²) < 4.78 is 1.63. The summed E-state index contributed by atoms with van der Waals surface area (Å²) in [6.45, 7) is 5.05. The van der Waals surface area contributed by atoms with E-state index in [0.29, 0.717) is 17.6 Å². The van der Waals surface area contributed by atoms with Crippen LogP contribution < -0.4 is 5.69 Å².